The zero-order chi connectivity index (χ0) is 22.5. The van der Waals surface area contributed by atoms with Gasteiger partial charge >= 0.3 is 0 Å². The molecule has 0 unspecified atom stereocenters. The van der Waals surface area contributed by atoms with Crippen LogP contribution in [0.4, 0.5) is 0 Å². The Morgan fingerprint density at radius 3 is 2.55 bits per heavy atom. The summed E-state index contributed by atoms with van der Waals surface area (Å²) < 4.78 is 5.24. The summed E-state index contributed by atoms with van der Waals surface area (Å²) in [5.41, 5.74) is 2.05. The molecule has 1 saturated heterocycles. The fraction of sp³-hybridized carbons (Fsp3) is 0.375. The van der Waals surface area contributed by atoms with Gasteiger partial charge in [0, 0.05) is 18.0 Å². The minimum atomic E-state index is -0.676. The Kier molecular flexibility index (Phi) is 7.07. The number of carbonyl (C=O) groups is 2. The van der Waals surface area contributed by atoms with Crippen molar-refractivity contribution >= 4 is 17.4 Å². The number of Topliss-reactive ketones (excluding diaryl/α,β-unsaturated/α-hetero) is 1. The fourth-order valence-electron chi connectivity index (χ4n) is 4.05. The topological polar surface area (TPSA) is 84.2 Å². The molecule has 2 aromatic rings. The highest BCUT2D eigenvalue weighted by atomic mass is 16.5. The molecule has 0 bridgehead atoms. The number of aryl methyl sites for hydroxylation is 1. The zero-order valence-electron chi connectivity index (χ0n) is 18.5. The molecule has 0 radical (unpaired) electrons. The maximum atomic E-state index is 13.1. The number of ether oxygens (including phenoxy) is 1. The molecule has 3 rings (SSSR count). The quantitative estimate of drug-likeness (QED) is 0.383. The Morgan fingerprint density at radius 1 is 1.23 bits per heavy atom. The van der Waals surface area contributed by atoms with E-state index in [1.807, 2.05) is 13.0 Å². The molecule has 1 amide bonds. The molecule has 1 atom stereocenters. The van der Waals surface area contributed by atoms with Crippen LogP contribution in [-0.2, 0) is 9.59 Å². The van der Waals surface area contributed by atoms with Crippen molar-refractivity contribution in [3.63, 3.8) is 0 Å². The van der Waals surface area contributed by atoms with Gasteiger partial charge in [-0.05, 0) is 56.2 Å². The SMILES string of the molecule is CC[NH+](CC)CCN1C(=O)C(=O)/C(=C(/O)c2ccc(OC)cc2C)[C@@H]1c1cccnc1. The van der Waals surface area contributed by atoms with Gasteiger partial charge in [-0.2, -0.15) is 0 Å². The number of likely N-dealkylation sites (tertiary alicyclic amines) is 1. The van der Waals surface area contributed by atoms with Gasteiger partial charge < -0.3 is 19.6 Å². The van der Waals surface area contributed by atoms with E-state index in [9.17, 15) is 14.7 Å². The molecule has 1 aliphatic rings. The van der Waals surface area contributed by atoms with E-state index in [-0.39, 0.29) is 11.3 Å². The van der Waals surface area contributed by atoms with E-state index in [2.05, 4.69) is 18.8 Å². The van der Waals surface area contributed by atoms with E-state index in [1.165, 1.54) is 4.90 Å². The molecule has 31 heavy (non-hydrogen) atoms. The second-order valence-corrected chi connectivity index (χ2v) is 7.67. The summed E-state index contributed by atoms with van der Waals surface area (Å²) in [6.07, 6.45) is 3.28. The molecular weight excluding hydrogens is 394 g/mol. The second kappa shape index (κ2) is 9.75. The maximum Gasteiger partial charge on any atom is 0.295 e. The maximum absolute atomic E-state index is 13.1. The van der Waals surface area contributed by atoms with Gasteiger partial charge in [-0.3, -0.25) is 14.6 Å². The number of pyridine rings is 1. The third-order valence-electron chi connectivity index (χ3n) is 5.94. The summed E-state index contributed by atoms with van der Waals surface area (Å²) in [5.74, 6) is -0.783. The standard InChI is InChI=1S/C24H29N3O4/c1-5-26(6-2)12-13-27-21(17-8-7-11-25-15-17)20(23(29)24(27)30)22(28)19-10-9-18(31-4)14-16(19)3/h7-11,14-15,21,28H,5-6,12-13H2,1-4H3/p+1/b22-20+/t21-/m0/s1. The van der Waals surface area contributed by atoms with Crippen LogP contribution in [0.15, 0.2) is 48.3 Å². The number of methoxy groups -OCH3 is 1. The molecule has 2 heterocycles. The number of nitrogens with zero attached hydrogens (tertiary/aromatic N) is 2. The summed E-state index contributed by atoms with van der Waals surface area (Å²) in [6.45, 7) is 9.02. The van der Waals surface area contributed by atoms with Crippen molar-refractivity contribution in [1.82, 2.24) is 9.88 Å². The number of aliphatic hydroxyl groups excluding tert-OH is 1. The van der Waals surface area contributed by atoms with E-state index in [0.29, 0.717) is 23.4 Å². The Balaban J connectivity index is 2.10. The van der Waals surface area contributed by atoms with E-state index in [1.54, 1.807) is 48.7 Å². The van der Waals surface area contributed by atoms with Gasteiger partial charge in [-0.15, -0.1) is 0 Å². The van der Waals surface area contributed by atoms with Gasteiger partial charge in [0.05, 0.1) is 44.9 Å². The van der Waals surface area contributed by atoms with Gasteiger partial charge in [0.1, 0.15) is 11.5 Å². The monoisotopic (exact) mass is 424 g/mol. The summed E-state index contributed by atoms with van der Waals surface area (Å²) in [6, 6.07) is 8.13. The Hall–Kier alpha value is -3.19. The Labute approximate surface area is 183 Å². The first-order chi connectivity index (χ1) is 14.9. The normalized spacial score (nSPS) is 18.1. The summed E-state index contributed by atoms with van der Waals surface area (Å²) in [5, 5.41) is 11.2. The number of aliphatic hydroxyl groups is 1. The average Bonchev–Trinajstić information content (AvgIpc) is 3.04. The second-order valence-electron chi connectivity index (χ2n) is 7.67. The number of likely N-dealkylation sites (N-methyl/N-ethyl adjacent to an activating group) is 1. The van der Waals surface area contributed by atoms with Crippen LogP contribution in [0.5, 0.6) is 5.75 Å². The minimum absolute atomic E-state index is 0.0980. The number of hydrogen-bond acceptors (Lipinski definition) is 5. The lowest BCUT2D eigenvalue weighted by Crippen LogP contribution is -3.12. The van der Waals surface area contributed by atoms with Crippen molar-refractivity contribution in [2.45, 2.75) is 26.8 Å². The molecule has 7 nitrogen and oxygen atoms in total. The Morgan fingerprint density at radius 2 is 1.97 bits per heavy atom. The lowest BCUT2D eigenvalue weighted by Gasteiger charge is -2.26. The highest BCUT2D eigenvalue weighted by Gasteiger charge is 2.46. The van der Waals surface area contributed by atoms with Gasteiger partial charge in [0.25, 0.3) is 11.7 Å². The van der Waals surface area contributed by atoms with Gasteiger partial charge in [0.2, 0.25) is 0 Å². The average molecular weight is 425 g/mol. The van der Waals surface area contributed by atoms with E-state index in [4.69, 9.17) is 4.74 Å². The highest BCUT2D eigenvalue weighted by Crippen LogP contribution is 2.39. The lowest BCUT2D eigenvalue weighted by atomic mass is 9.94. The Bertz CT molecular complexity index is 984. The van der Waals surface area contributed by atoms with Crippen LogP contribution in [-0.4, -0.2) is 60.0 Å². The molecule has 1 aromatic carbocycles. The number of aromatic nitrogens is 1. The van der Waals surface area contributed by atoms with Crippen LogP contribution in [0.25, 0.3) is 5.76 Å². The first-order valence-electron chi connectivity index (χ1n) is 10.6. The number of carbonyl (C=O) groups excluding carboxylic acids is 2. The van der Waals surface area contributed by atoms with Crippen LogP contribution in [0.3, 0.4) is 0 Å². The molecule has 1 aliphatic heterocycles. The summed E-state index contributed by atoms with van der Waals surface area (Å²) >= 11 is 0. The lowest BCUT2D eigenvalue weighted by molar-refractivity contribution is -0.895. The van der Waals surface area contributed by atoms with Crippen molar-refractivity contribution in [3.8, 4) is 5.75 Å². The van der Waals surface area contributed by atoms with Crippen LogP contribution in [0, 0.1) is 6.92 Å². The number of hydrogen-bond donors (Lipinski definition) is 2. The molecule has 164 valence electrons. The first-order valence-corrected chi connectivity index (χ1v) is 10.6. The molecular formula is C24H30N3O4+. The van der Waals surface area contributed by atoms with Crippen LogP contribution in [0.1, 0.15) is 36.6 Å². The molecule has 1 fully saturated rings. The molecule has 7 heteroatoms. The highest BCUT2D eigenvalue weighted by molar-refractivity contribution is 6.46. The van der Waals surface area contributed by atoms with Crippen LogP contribution in [0.2, 0.25) is 0 Å². The fourth-order valence-corrected chi connectivity index (χ4v) is 4.05. The summed E-state index contributed by atoms with van der Waals surface area (Å²) in [7, 11) is 1.57. The van der Waals surface area contributed by atoms with Crippen molar-refractivity contribution in [1.29, 1.82) is 0 Å². The number of quaternary nitrogens is 1. The van der Waals surface area contributed by atoms with E-state index >= 15 is 0 Å². The van der Waals surface area contributed by atoms with Crippen molar-refractivity contribution in [2.75, 3.05) is 33.3 Å². The summed E-state index contributed by atoms with van der Waals surface area (Å²) in [4.78, 5) is 33.1. The smallest absolute Gasteiger partial charge is 0.295 e. The largest absolute Gasteiger partial charge is 0.507 e. The van der Waals surface area contributed by atoms with Crippen LogP contribution < -0.4 is 9.64 Å². The third-order valence-corrected chi connectivity index (χ3v) is 5.94. The molecule has 0 spiro atoms. The van der Waals surface area contributed by atoms with Crippen LogP contribution >= 0.6 is 0 Å². The van der Waals surface area contributed by atoms with Gasteiger partial charge in [0.15, 0.2) is 0 Å². The van der Waals surface area contributed by atoms with Crippen molar-refractivity contribution in [3.05, 3.63) is 65.0 Å². The third kappa shape index (κ3) is 4.46. The molecule has 2 N–H and O–H groups in total. The number of nitrogens with one attached hydrogen (secondary N) is 1. The first kappa shape index (κ1) is 22.5. The molecule has 1 aromatic heterocycles. The number of amides is 1. The van der Waals surface area contributed by atoms with Crippen molar-refractivity contribution in [2.24, 2.45) is 0 Å². The predicted molar refractivity (Wildman–Crippen MR) is 118 cm³/mol. The number of ketones is 1. The van der Waals surface area contributed by atoms with Crippen molar-refractivity contribution < 1.29 is 24.3 Å². The number of benzene rings is 1. The van der Waals surface area contributed by atoms with Gasteiger partial charge in [-0.1, -0.05) is 6.07 Å². The van der Waals surface area contributed by atoms with Gasteiger partial charge in [-0.25, -0.2) is 0 Å². The zero-order valence-corrected chi connectivity index (χ0v) is 18.5. The van der Waals surface area contributed by atoms with E-state index in [0.717, 1.165) is 25.2 Å². The van der Waals surface area contributed by atoms with E-state index < -0.39 is 17.7 Å². The molecule has 0 aliphatic carbocycles. The number of rotatable bonds is 8. The predicted octanol–water partition coefficient (Wildman–Crippen LogP) is 1.75. The molecule has 0 saturated carbocycles. The minimum Gasteiger partial charge on any atom is -0.507 e.